The van der Waals surface area contributed by atoms with Crippen molar-refractivity contribution >= 4 is 0 Å². The largest absolute Gasteiger partial charge is 0.493 e. The molecule has 0 aromatic heterocycles. The predicted octanol–water partition coefficient (Wildman–Crippen LogP) is 1.67. The van der Waals surface area contributed by atoms with Crippen LogP contribution >= 0.6 is 0 Å². The zero-order valence-corrected chi connectivity index (χ0v) is 11.9. The normalized spacial score (nSPS) is 20.3. The Labute approximate surface area is 115 Å². The number of piperidine rings is 1. The van der Waals surface area contributed by atoms with Gasteiger partial charge in [-0.05, 0) is 51.0 Å². The van der Waals surface area contributed by atoms with Crippen molar-refractivity contribution < 1.29 is 9.47 Å². The quantitative estimate of drug-likeness (QED) is 0.879. The van der Waals surface area contributed by atoms with E-state index in [2.05, 4.69) is 18.0 Å². The Hall–Kier alpha value is -1.26. The second-order valence-electron chi connectivity index (χ2n) is 5.13. The number of likely N-dealkylation sites (tertiary alicyclic amines) is 1. The molecule has 1 heterocycles. The fourth-order valence-corrected chi connectivity index (χ4v) is 2.59. The van der Waals surface area contributed by atoms with Gasteiger partial charge in [0.05, 0.1) is 7.11 Å². The summed E-state index contributed by atoms with van der Waals surface area (Å²) in [5.41, 5.74) is 6.81. The van der Waals surface area contributed by atoms with Crippen molar-refractivity contribution in [3.63, 3.8) is 0 Å². The van der Waals surface area contributed by atoms with Crippen molar-refractivity contribution in [1.82, 2.24) is 4.90 Å². The molecule has 0 spiro atoms. The molecule has 1 aromatic rings. The number of hydrogen-bond acceptors (Lipinski definition) is 4. The second-order valence-corrected chi connectivity index (χ2v) is 5.13. The van der Waals surface area contributed by atoms with Crippen LogP contribution in [0.2, 0.25) is 0 Å². The number of nitrogens with zero attached hydrogens (tertiary/aromatic N) is 1. The maximum atomic E-state index is 6.21. The number of likely N-dealkylation sites (N-methyl/N-ethyl adjacent to an activating group) is 1. The lowest BCUT2D eigenvalue weighted by atomic mass is 10.1. The molecule has 1 unspecified atom stereocenters. The van der Waals surface area contributed by atoms with Crippen molar-refractivity contribution in [3.05, 3.63) is 23.8 Å². The molecule has 1 aliphatic rings. The van der Waals surface area contributed by atoms with Crippen LogP contribution in [-0.2, 0) is 6.42 Å². The highest BCUT2D eigenvalue weighted by molar-refractivity contribution is 5.47. The van der Waals surface area contributed by atoms with E-state index in [0.717, 1.165) is 43.0 Å². The average molecular weight is 264 g/mol. The van der Waals surface area contributed by atoms with E-state index in [1.165, 1.54) is 6.42 Å². The van der Waals surface area contributed by atoms with E-state index in [4.69, 9.17) is 15.2 Å². The number of ether oxygens (including phenoxy) is 2. The van der Waals surface area contributed by atoms with Crippen LogP contribution in [0.15, 0.2) is 18.2 Å². The predicted molar refractivity (Wildman–Crippen MR) is 76.9 cm³/mol. The standard InChI is InChI=1S/C15H24N2O2/c1-17-10-4-6-13(11-17)19-15-12(8-9-16)5-3-7-14(15)18-2/h3,5,7,13H,4,6,8-11,16H2,1-2H3. The molecule has 1 aromatic carbocycles. The Morgan fingerprint density at radius 2 is 2.26 bits per heavy atom. The number of nitrogens with two attached hydrogens (primary N) is 1. The van der Waals surface area contributed by atoms with Gasteiger partial charge in [0.25, 0.3) is 0 Å². The number of methoxy groups -OCH3 is 1. The van der Waals surface area contributed by atoms with E-state index in [-0.39, 0.29) is 6.10 Å². The zero-order valence-electron chi connectivity index (χ0n) is 11.9. The highest BCUT2D eigenvalue weighted by Crippen LogP contribution is 2.33. The topological polar surface area (TPSA) is 47.7 Å². The molecule has 4 nitrogen and oxygen atoms in total. The van der Waals surface area contributed by atoms with Gasteiger partial charge in [0.2, 0.25) is 0 Å². The van der Waals surface area contributed by atoms with Gasteiger partial charge in [-0.15, -0.1) is 0 Å². The molecule has 0 amide bonds. The highest BCUT2D eigenvalue weighted by atomic mass is 16.5. The van der Waals surface area contributed by atoms with Gasteiger partial charge in [-0.3, -0.25) is 0 Å². The molecule has 2 rings (SSSR count). The van der Waals surface area contributed by atoms with Gasteiger partial charge >= 0.3 is 0 Å². The fraction of sp³-hybridized carbons (Fsp3) is 0.600. The summed E-state index contributed by atoms with van der Waals surface area (Å²) in [5, 5.41) is 0. The molecular formula is C15H24N2O2. The minimum atomic E-state index is 0.242. The molecule has 0 radical (unpaired) electrons. The van der Waals surface area contributed by atoms with E-state index in [9.17, 15) is 0 Å². The lowest BCUT2D eigenvalue weighted by Gasteiger charge is -2.31. The SMILES string of the molecule is COc1cccc(CCN)c1OC1CCCN(C)C1. The first-order valence-electron chi connectivity index (χ1n) is 6.95. The molecule has 0 bridgehead atoms. The number of benzene rings is 1. The van der Waals surface area contributed by atoms with Gasteiger partial charge < -0.3 is 20.1 Å². The minimum absolute atomic E-state index is 0.242. The summed E-state index contributed by atoms with van der Waals surface area (Å²) in [7, 11) is 3.82. The first-order chi connectivity index (χ1) is 9.24. The summed E-state index contributed by atoms with van der Waals surface area (Å²) in [5.74, 6) is 1.68. The van der Waals surface area contributed by atoms with Gasteiger partial charge in [-0.25, -0.2) is 0 Å². The van der Waals surface area contributed by atoms with Gasteiger partial charge in [-0.2, -0.15) is 0 Å². The van der Waals surface area contributed by atoms with Crippen molar-refractivity contribution in [2.24, 2.45) is 5.73 Å². The van der Waals surface area contributed by atoms with Crippen molar-refractivity contribution in [3.8, 4) is 11.5 Å². The Balaban J connectivity index is 2.16. The van der Waals surface area contributed by atoms with E-state index in [0.29, 0.717) is 6.54 Å². The number of rotatable bonds is 5. The molecule has 4 heteroatoms. The molecule has 0 aliphatic carbocycles. The fourth-order valence-electron chi connectivity index (χ4n) is 2.59. The van der Waals surface area contributed by atoms with Gasteiger partial charge in [0.1, 0.15) is 6.10 Å². The smallest absolute Gasteiger partial charge is 0.164 e. The molecule has 2 N–H and O–H groups in total. The first kappa shape index (κ1) is 14.2. The van der Waals surface area contributed by atoms with Crippen LogP contribution in [0.25, 0.3) is 0 Å². The molecule has 1 atom stereocenters. The Morgan fingerprint density at radius 1 is 1.42 bits per heavy atom. The average Bonchev–Trinajstić information content (AvgIpc) is 2.41. The summed E-state index contributed by atoms with van der Waals surface area (Å²) in [6.45, 7) is 2.75. The summed E-state index contributed by atoms with van der Waals surface area (Å²) < 4.78 is 11.6. The summed E-state index contributed by atoms with van der Waals surface area (Å²) >= 11 is 0. The van der Waals surface area contributed by atoms with E-state index in [1.54, 1.807) is 7.11 Å². The third kappa shape index (κ3) is 3.61. The Morgan fingerprint density at radius 3 is 2.95 bits per heavy atom. The molecule has 0 saturated carbocycles. The first-order valence-corrected chi connectivity index (χ1v) is 6.95. The van der Waals surface area contributed by atoms with Gasteiger partial charge in [0.15, 0.2) is 11.5 Å². The van der Waals surface area contributed by atoms with Crippen molar-refractivity contribution in [2.75, 3.05) is 33.8 Å². The summed E-state index contributed by atoms with van der Waals surface area (Å²) in [6.07, 6.45) is 3.34. The molecule has 1 aliphatic heterocycles. The molecule has 1 fully saturated rings. The van der Waals surface area contributed by atoms with Crippen molar-refractivity contribution in [1.29, 1.82) is 0 Å². The summed E-state index contributed by atoms with van der Waals surface area (Å²) in [6, 6.07) is 6.00. The van der Waals surface area contributed by atoms with Crippen LogP contribution < -0.4 is 15.2 Å². The van der Waals surface area contributed by atoms with Crippen LogP contribution in [0.4, 0.5) is 0 Å². The molecule has 1 saturated heterocycles. The van der Waals surface area contributed by atoms with Gasteiger partial charge in [0, 0.05) is 6.54 Å². The highest BCUT2D eigenvalue weighted by Gasteiger charge is 2.21. The molecule has 106 valence electrons. The Bertz CT molecular complexity index is 409. The van der Waals surface area contributed by atoms with Crippen LogP contribution in [0, 0.1) is 0 Å². The maximum Gasteiger partial charge on any atom is 0.164 e. The minimum Gasteiger partial charge on any atom is -0.493 e. The van der Waals surface area contributed by atoms with Crippen molar-refractivity contribution in [2.45, 2.75) is 25.4 Å². The number of para-hydroxylation sites is 1. The van der Waals surface area contributed by atoms with Gasteiger partial charge in [-0.1, -0.05) is 12.1 Å². The zero-order chi connectivity index (χ0) is 13.7. The summed E-state index contributed by atoms with van der Waals surface area (Å²) in [4.78, 5) is 2.31. The maximum absolute atomic E-state index is 6.21. The lowest BCUT2D eigenvalue weighted by molar-refractivity contribution is 0.100. The monoisotopic (exact) mass is 264 g/mol. The molecule has 19 heavy (non-hydrogen) atoms. The third-order valence-corrected chi connectivity index (χ3v) is 3.56. The van der Waals surface area contributed by atoms with Crippen LogP contribution in [0.5, 0.6) is 11.5 Å². The van der Waals surface area contributed by atoms with Crippen LogP contribution in [0.3, 0.4) is 0 Å². The van der Waals surface area contributed by atoms with E-state index < -0.39 is 0 Å². The van der Waals surface area contributed by atoms with Crippen LogP contribution in [-0.4, -0.2) is 44.8 Å². The van der Waals surface area contributed by atoms with E-state index in [1.807, 2.05) is 12.1 Å². The third-order valence-electron chi connectivity index (χ3n) is 3.56. The molecular weight excluding hydrogens is 240 g/mol. The number of hydrogen-bond donors (Lipinski definition) is 1. The van der Waals surface area contributed by atoms with E-state index >= 15 is 0 Å². The Kier molecular flexibility index (Phi) is 5.05. The lowest BCUT2D eigenvalue weighted by Crippen LogP contribution is -2.38. The van der Waals surface area contributed by atoms with Crippen LogP contribution in [0.1, 0.15) is 18.4 Å². The second kappa shape index (κ2) is 6.78.